The van der Waals surface area contributed by atoms with Gasteiger partial charge < -0.3 is 19.3 Å². The van der Waals surface area contributed by atoms with Crippen molar-refractivity contribution in [3.8, 4) is 17.2 Å². The Bertz CT molecular complexity index is 1590. The highest BCUT2D eigenvalue weighted by atomic mass is 16.5. The van der Waals surface area contributed by atoms with Gasteiger partial charge >= 0.3 is 5.97 Å². The maximum atomic E-state index is 12.9. The Kier molecular flexibility index (Phi) is 6.41. The van der Waals surface area contributed by atoms with Crippen LogP contribution in [0.5, 0.6) is 17.2 Å². The number of allylic oxidation sites excluding steroid dienone is 1. The summed E-state index contributed by atoms with van der Waals surface area (Å²) in [6, 6.07) is 23.1. The Labute approximate surface area is 221 Å². The van der Waals surface area contributed by atoms with Gasteiger partial charge in [-0.2, -0.15) is 0 Å². The highest BCUT2D eigenvalue weighted by Gasteiger charge is 2.31. The van der Waals surface area contributed by atoms with Gasteiger partial charge in [0.1, 0.15) is 23.9 Å². The molecule has 1 aliphatic rings. The molecular formula is C32H28O6. The van der Waals surface area contributed by atoms with Crippen molar-refractivity contribution in [1.82, 2.24) is 0 Å². The molecule has 0 fully saturated rings. The zero-order valence-corrected chi connectivity index (χ0v) is 21.7. The molecule has 0 unspecified atom stereocenters. The molecule has 4 aromatic carbocycles. The number of benzene rings is 4. The third-order valence-corrected chi connectivity index (χ3v) is 6.51. The number of carbonyl (C=O) groups is 2. The summed E-state index contributed by atoms with van der Waals surface area (Å²) in [5.74, 6) is 0.676. The van der Waals surface area contributed by atoms with Crippen LogP contribution in [0.2, 0.25) is 0 Å². The van der Waals surface area contributed by atoms with Crippen LogP contribution in [0.1, 0.15) is 46.5 Å². The van der Waals surface area contributed by atoms with Crippen molar-refractivity contribution >= 4 is 28.6 Å². The van der Waals surface area contributed by atoms with Crippen LogP contribution < -0.4 is 14.2 Å². The van der Waals surface area contributed by atoms with E-state index in [-0.39, 0.29) is 18.1 Å². The van der Waals surface area contributed by atoms with Crippen molar-refractivity contribution in [3.63, 3.8) is 0 Å². The summed E-state index contributed by atoms with van der Waals surface area (Å²) in [5.41, 5.74) is 2.61. The second kappa shape index (κ2) is 9.71. The van der Waals surface area contributed by atoms with Crippen molar-refractivity contribution < 1.29 is 28.9 Å². The van der Waals surface area contributed by atoms with E-state index in [1.807, 2.05) is 68.4 Å². The topological polar surface area (TPSA) is 82.1 Å². The summed E-state index contributed by atoms with van der Waals surface area (Å²) in [4.78, 5) is 24.4. The van der Waals surface area contributed by atoms with Gasteiger partial charge in [-0.3, -0.25) is 4.79 Å². The van der Waals surface area contributed by atoms with Crippen molar-refractivity contribution in [1.29, 1.82) is 0 Å². The zero-order valence-electron chi connectivity index (χ0n) is 21.7. The third-order valence-electron chi connectivity index (χ3n) is 6.51. The molecule has 6 nitrogen and oxygen atoms in total. The van der Waals surface area contributed by atoms with Crippen LogP contribution in [-0.2, 0) is 11.4 Å². The number of rotatable bonds is 7. The predicted molar refractivity (Wildman–Crippen MR) is 146 cm³/mol. The number of aryl methyl sites for hydroxylation is 2. The van der Waals surface area contributed by atoms with Crippen LogP contribution in [0.25, 0.3) is 16.8 Å². The molecule has 1 heterocycles. The summed E-state index contributed by atoms with van der Waals surface area (Å²) < 4.78 is 17.7. The molecule has 1 N–H and O–H groups in total. The van der Waals surface area contributed by atoms with Crippen LogP contribution in [-0.4, -0.2) is 22.5 Å². The summed E-state index contributed by atoms with van der Waals surface area (Å²) in [6.07, 6.45) is 1.76. The van der Waals surface area contributed by atoms with Crippen molar-refractivity contribution in [2.75, 3.05) is 0 Å². The number of ether oxygens (including phenoxy) is 3. The van der Waals surface area contributed by atoms with E-state index in [1.54, 1.807) is 24.3 Å². The molecule has 0 bridgehead atoms. The number of hydrogen-bond acceptors (Lipinski definition) is 5. The maximum absolute atomic E-state index is 12.9. The molecular weight excluding hydrogens is 480 g/mol. The number of hydrogen-bond donors (Lipinski definition) is 1. The molecule has 0 atom stereocenters. The van der Waals surface area contributed by atoms with Crippen LogP contribution in [0, 0.1) is 13.8 Å². The molecule has 0 amide bonds. The molecule has 38 heavy (non-hydrogen) atoms. The van der Waals surface area contributed by atoms with Crippen molar-refractivity contribution in [2.24, 2.45) is 0 Å². The molecule has 1 aliphatic heterocycles. The Balaban J connectivity index is 1.30. The minimum absolute atomic E-state index is 0.161. The van der Waals surface area contributed by atoms with E-state index in [0.717, 1.165) is 33.0 Å². The Morgan fingerprint density at radius 2 is 1.66 bits per heavy atom. The van der Waals surface area contributed by atoms with Gasteiger partial charge in [-0.25, -0.2) is 4.79 Å². The monoisotopic (exact) mass is 508 g/mol. The standard InChI is InChI=1S/C32H28O6/c1-19-13-22(14-20(2)30(19)38-32(3,4)31(34)35)18-36-25-11-12-26-27(17-25)37-28(29(26)33)16-21-9-10-23-7-5-6-8-24(23)15-21/h5-17H,18H2,1-4H3,(H,34,35)/b28-16-. The molecule has 0 saturated carbocycles. The number of carboxylic acids is 1. The van der Waals surface area contributed by atoms with Crippen LogP contribution in [0.4, 0.5) is 0 Å². The first-order valence-corrected chi connectivity index (χ1v) is 12.3. The van der Waals surface area contributed by atoms with Crippen molar-refractivity contribution in [3.05, 3.63) is 106 Å². The number of ketones is 1. The summed E-state index contributed by atoms with van der Waals surface area (Å²) >= 11 is 0. The molecule has 0 spiro atoms. The van der Waals surface area contributed by atoms with E-state index in [1.165, 1.54) is 13.8 Å². The lowest BCUT2D eigenvalue weighted by atomic mass is 10.0. The lowest BCUT2D eigenvalue weighted by Crippen LogP contribution is -2.38. The van der Waals surface area contributed by atoms with Gasteiger partial charge in [0, 0.05) is 6.07 Å². The maximum Gasteiger partial charge on any atom is 0.347 e. The molecule has 0 aliphatic carbocycles. The molecule has 4 aromatic rings. The Hall–Kier alpha value is -4.58. The number of carboxylic acid groups (broad SMARTS) is 1. The van der Waals surface area contributed by atoms with Gasteiger partial charge in [0.05, 0.1) is 5.56 Å². The molecule has 5 rings (SSSR count). The Morgan fingerprint density at radius 3 is 2.37 bits per heavy atom. The van der Waals surface area contributed by atoms with E-state index < -0.39 is 11.6 Å². The molecule has 0 saturated heterocycles. The quantitative estimate of drug-likeness (QED) is 0.274. The predicted octanol–water partition coefficient (Wildman–Crippen LogP) is 6.89. The second-order valence-electron chi connectivity index (χ2n) is 9.97. The van der Waals surface area contributed by atoms with Gasteiger partial charge in [0.15, 0.2) is 11.4 Å². The first kappa shape index (κ1) is 25.1. The van der Waals surface area contributed by atoms with E-state index in [2.05, 4.69) is 0 Å². The zero-order chi connectivity index (χ0) is 27.0. The minimum Gasteiger partial charge on any atom is -0.489 e. The molecule has 0 aromatic heterocycles. The van der Waals surface area contributed by atoms with Gasteiger partial charge in [0.25, 0.3) is 0 Å². The fraction of sp³-hybridized carbons (Fsp3) is 0.188. The molecule has 0 radical (unpaired) electrons. The lowest BCUT2D eigenvalue weighted by Gasteiger charge is -2.24. The minimum atomic E-state index is -1.34. The molecule has 192 valence electrons. The first-order chi connectivity index (χ1) is 18.1. The van der Waals surface area contributed by atoms with E-state index >= 15 is 0 Å². The first-order valence-electron chi connectivity index (χ1n) is 12.3. The average Bonchev–Trinajstić information content (AvgIpc) is 3.19. The number of carbonyl (C=O) groups excluding carboxylic acids is 1. The SMILES string of the molecule is Cc1cc(COc2ccc3c(c2)O/C(=C\c2ccc4ccccc4c2)C3=O)cc(C)c1OC(C)(C)C(=O)O. The van der Waals surface area contributed by atoms with Gasteiger partial charge in [-0.1, -0.05) is 36.4 Å². The van der Waals surface area contributed by atoms with Crippen LogP contribution >= 0.6 is 0 Å². The normalized spacial score (nSPS) is 13.9. The average molecular weight is 509 g/mol. The summed E-state index contributed by atoms with van der Waals surface area (Å²) in [6.45, 7) is 7.09. The third kappa shape index (κ3) is 4.98. The Morgan fingerprint density at radius 1 is 0.947 bits per heavy atom. The van der Waals surface area contributed by atoms with Crippen molar-refractivity contribution in [2.45, 2.75) is 39.9 Å². The number of Topliss-reactive ketones (excluding diaryl/α,β-unsaturated/α-hetero) is 1. The fourth-order valence-corrected chi connectivity index (χ4v) is 4.46. The van der Waals surface area contributed by atoms with Gasteiger partial charge in [-0.15, -0.1) is 0 Å². The fourth-order valence-electron chi connectivity index (χ4n) is 4.46. The number of aliphatic carboxylic acids is 1. The molecule has 6 heteroatoms. The van der Waals surface area contributed by atoms with Crippen LogP contribution in [0.3, 0.4) is 0 Å². The van der Waals surface area contributed by atoms with E-state index in [4.69, 9.17) is 14.2 Å². The van der Waals surface area contributed by atoms with E-state index in [0.29, 0.717) is 22.8 Å². The smallest absolute Gasteiger partial charge is 0.347 e. The summed E-state index contributed by atoms with van der Waals surface area (Å²) in [5, 5.41) is 11.6. The van der Waals surface area contributed by atoms with E-state index in [9.17, 15) is 14.7 Å². The van der Waals surface area contributed by atoms with Gasteiger partial charge in [-0.05, 0) is 97.1 Å². The lowest BCUT2D eigenvalue weighted by molar-refractivity contribution is -0.152. The highest BCUT2D eigenvalue weighted by molar-refractivity contribution is 6.14. The van der Waals surface area contributed by atoms with Gasteiger partial charge in [0.2, 0.25) is 5.78 Å². The number of fused-ring (bicyclic) bond motifs is 2. The highest BCUT2D eigenvalue weighted by Crippen LogP contribution is 2.36. The summed E-state index contributed by atoms with van der Waals surface area (Å²) in [7, 11) is 0. The second-order valence-corrected chi connectivity index (χ2v) is 9.97. The van der Waals surface area contributed by atoms with Crippen LogP contribution in [0.15, 0.2) is 78.6 Å². The largest absolute Gasteiger partial charge is 0.489 e.